The number of nitriles is 1. The molecule has 1 fully saturated rings. The van der Waals surface area contributed by atoms with Crippen molar-refractivity contribution in [3.05, 3.63) is 29.3 Å². The molecule has 1 unspecified atom stereocenters. The Bertz CT molecular complexity index is 534. The van der Waals surface area contributed by atoms with Gasteiger partial charge in [0.05, 0.1) is 17.8 Å². The van der Waals surface area contributed by atoms with Crippen LogP contribution in [0.5, 0.6) is 0 Å². The summed E-state index contributed by atoms with van der Waals surface area (Å²) in [6.07, 6.45) is -3.38. The maximum atomic E-state index is 12.3. The first-order chi connectivity index (χ1) is 9.87. The number of nitrogens with one attached hydrogen (secondary N) is 1. The van der Waals surface area contributed by atoms with Crippen molar-refractivity contribution in [3.63, 3.8) is 0 Å². The zero-order chi connectivity index (χ0) is 15.5. The highest BCUT2D eigenvalue weighted by Gasteiger charge is 2.34. The highest BCUT2D eigenvalue weighted by molar-refractivity contribution is 5.58. The monoisotopic (exact) mass is 297 g/mol. The van der Waals surface area contributed by atoms with E-state index >= 15 is 0 Å². The van der Waals surface area contributed by atoms with Gasteiger partial charge in [-0.3, -0.25) is 4.90 Å². The lowest BCUT2D eigenvalue weighted by Crippen LogP contribution is -2.33. The molecule has 1 aliphatic heterocycles. The summed E-state index contributed by atoms with van der Waals surface area (Å²) in [5, 5.41) is 12.3. The Hall–Kier alpha value is -1.74. The molecule has 0 radical (unpaired) electrons. The maximum absolute atomic E-state index is 12.3. The molecule has 2 rings (SSSR count). The molecular weight excluding hydrogens is 279 g/mol. The number of hydrogen-bond acceptors (Lipinski definition) is 3. The van der Waals surface area contributed by atoms with Crippen LogP contribution in [0.1, 0.15) is 17.5 Å². The standard InChI is InChI=1S/C15H18F3N3/c1-11-2-3-14(13(6-11)7-19)20-8-12-4-5-21(9-12)10-15(16,17)18/h2-3,6,12,20H,4-5,8-10H2,1H3. The summed E-state index contributed by atoms with van der Waals surface area (Å²) in [6, 6.07) is 7.68. The SMILES string of the molecule is Cc1ccc(NCC2CCN(CC(F)(F)F)C2)c(C#N)c1. The van der Waals surface area contributed by atoms with Gasteiger partial charge in [-0.05, 0) is 43.5 Å². The van der Waals surface area contributed by atoms with Crippen molar-refractivity contribution in [1.29, 1.82) is 5.26 Å². The topological polar surface area (TPSA) is 39.1 Å². The van der Waals surface area contributed by atoms with Crippen LogP contribution in [-0.4, -0.2) is 37.3 Å². The summed E-state index contributed by atoms with van der Waals surface area (Å²) in [4.78, 5) is 1.44. The number of likely N-dealkylation sites (tertiary alicyclic amines) is 1. The van der Waals surface area contributed by atoms with E-state index in [1.54, 1.807) is 6.07 Å². The highest BCUT2D eigenvalue weighted by Crippen LogP contribution is 2.24. The summed E-state index contributed by atoms with van der Waals surface area (Å²) in [5.41, 5.74) is 2.33. The molecule has 1 heterocycles. The molecule has 21 heavy (non-hydrogen) atoms. The van der Waals surface area contributed by atoms with Gasteiger partial charge in [0.15, 0.2) is 0 Å². The van der Waals surface area contributed by atoms with Crippen molar-refractivity contribution < 1.29 is 13.2 Å². The van der Waals surface area contributed by atoms with Crippen molar-refractivity contribution in [2.75, 3.05) is 31.5 Å². The fourth-order valence-corrected chi connectivity index (χ4v) is 2.64. The van der Waals surface area contributed by atoms with Gasteiger partial charge in [-0.15, -0.1) is 0 Å². The number of anilines is 1. The third kappa shape index (κ3) is 4.64. The molecule has 0 bridgehead atoms. The molecule has 0 aromatic heterocycles. The van der Waals surface area contributed by atoms with Crippen LogP contribution >= 0.6 is 0 Å². The smallest absolute Gasteiger partial charge is 0.384 e. The Morgan fingerprint density at radius 1 is 1.43 bits per heavy atom. The van der Waals surface area contributed by atoms with Gasteiger partial charge in [0.2, 0.25) is 0 Å². The van der Waals surface area contributed by atoms with E-state index < -0.39 is 12.7 Å². The molecule has 3 nitrogen and oxygen atoms in total. The van der Waals surface area contributed by atoms with Gasteiger partial charge in [0.1, 0.15) is 6.07 Å². The van der Waals surface area contributed by atoms with Crippen LogP contribution in [0.15, 0.2) is 18.2 Å². The van der Waals surface area contributed by atoms with Gasteiger partial charge < -0.3 is 5.32 Å². The van der Waals surface area contributed by atoms with Crippen LogP contribution in [0.25, 0.3) is 0 Å². The molecule has 1 aliphatic rings. The van der Waals surface area contributed by atoms with Crippen LogP contribution in [0, 0.1) is 24.2 Å². The third-order valence-electron chi connectivity index (χ3n) is 3.65. The van der Waals surface area contributed by atoms with E-state index in [1.807, 2.05) is 19.1 Å². The number of rotatable bonds is 4. The molecule has 1 atom stereocenters. The molecule has 6 heteroatoms. The molecule has 1 N–H and O–H groups in total. The van der Waals surface area contributed by atoms with Gasteiger partial charge in [0, 0.05) is 13.1 Å². The van der Waals surface area contributed by atoms with E-state index in [2.05, 4.69) is 11.4 Å². The second-order valence-corrected chi connectivity index (χ2v) is 5.55. The third-order valence-corrected chi connectivity index (χ3v) is 3.65. The minimum absolute atomic E-state index is 0.181. The number of benzene rings is 1. The van der Waals surface area contributed by atoms with Crippen molar-refractivity contribution >= 4 is 5.69 Å². The first kappa shape index (κ1) is 15.6. The molecule has 0 amide bonds. The first-order valence-corrected chi connectivity index (χ1v) is 6.91. The Morgan fingerprint density at radius 3 is 2.86 bits per heavy atom. The number of nitrogens with zero attached hydrogens (tertiary/aromatic N) is 2. The van der Waals surface area contributed by atoms with Crippen molar-refractivity contribution in [2.45, 2.75) is 19.5 Å². The normalized spacial score (nSPS) is 19.5. The number of aryl methyl sites for hydroxylation is 1. The van der Waals surface area contributed by atoms with Crippen molar-refractivity contribution in [3.8, 4) is 6.07 Å². The van der Waals surface area contributed by atoms with Gasteiger partial charge in [0.25, 0.3) is 0 Å². The molecule has 1 aromatic rings. The average Bonchev–Trinajstić information content (AvgIpc) is 2.82. The van der Waals surface area contributed by atoms with Crippen LogP contribution in [0.3, 0.4) is 0 Å². The van der Waals surface area contributed by atoms with E-state index in [0.717, 1.165) is 17.7 Å². The van der Waals surface area contributed by atoms with Crippen LogP contribution in [0.4, 0.5) is 18.9 Å². The average molecular weight is 297 g/mol. The molecule has 0 aliphatic carbocycles. The fourth-order valence-electron chi connectivity index (χ4n) is 2.64. The molecule has 1 saturated heterocycles. The summed E-state index contributed by atoms with van der Waals surface area (Å²) in [6.45, 7) is 2.59. The predicted octanol–water partition coefficient (Wildman–Crippen LogP) is 3.16. The second-order valence-electron chi connectivity index (χ2n) is 5.55. The Morgan fingerprint density at radius 2 is 2.19 bits per heavy atom. The van der Waals surface area contributed by atoms with Crippen LogP contribution in [0.2, 0.25) is 0 Å². The Labute approximate surface area is 122 Å². The van der Waals surface area contributed by atoms with Gasteiger partial charge in [-0.25, -0.2) is 0 Å². The van der Waals surface area contributed by atoms with E-state index in [1.165, 1.54) is 4.90 Å². The summed E-state index contributed by atoms with van der Waals surface area (Å²) in [7, 11) is 0. The zero-order valence-electron chi connectivity index (χ0n) is 11.9. The highest BCUT2D eigenvalue weighted by atomic mass is 19.4. The lowest BCUT2D eigenvalue weighted by molar-refractivity contribution is -0.143. The van der Waals surface area contributed by atoms with E-state index in [0.29, 0.717) is 25.2 Å². The fraction of sp³-hybridized carbons (Fsp3) is 0.533. The lowest BCUT2D eigenvalue weighted by atomic mass is 10.1. The largest absolute Gasteiger partial charge is 0.401 e. The van der Waals surface area contributed by atoms with E-state index in [-0.39, 0.29) is 5.92 Å². The van der Waals surface area contributed by atoms with Gasteiger partial charge >= 0.3 is 6.18 Å². The summed E-state index contributed by atoms with van der Waals surface area (Å²) in [5.74, 6) is 0.181. The van der Waals surface area contributed by atoms with Crippen molar-refractivity contribution in [1.82, 2.24) is 4.90 Å². The second kappa shape index (κ2) is 6.35. The predicted molar refractivity (Wildman–Crippen MR) is 75.0 cm³/mol. The number of hydrogen-bond donors (Lipinski definition) is 1. The quantitative estimate of drug-likeness (QED) is 0.928. The van der Waals surface area contributed by atoms with Crippen molar-refractivity contribution in [2.24, 2.45) is 5.92 Å². The number of halogens is 3. The molecule has 0 saturated carbocycles. The lowest BCUT2D eigenvalue weighted by Gasteiger charge is -2.18. The first-order valence-electron chi connectivity index (χ1n) is 6.91. The Balaban J connectivity index is 1.86. The minimum Gasteiger partial charge on any atom is -0.384 e. The zero-order valence-corrected chi connectivity index (χ0v) is 11.9. The Kier molecular flexibility index (Phi) is 4.73. The summed E-state index contributed by atoms with van der Waals surface area (Å²) >= 11 is 0. The molecular formula is C15H18F3N3. The van der Waals surface area contributed by atoms with Gasteiger partial charge in [-0.2, -0.15) is 18.4 Å². The van der Waals surface area contributed by atoms with E-state index in [4.69, 9.17) is 5.26 Å². The molecule has 0 spiro atoms. The summed E-state index contributed by atoms with van der Waals surface area (Å²) < 4.78 is 37.0. The number of alkyl halides is 3. The minimum atomic E-state index is -4.13. The van der Waals surface area contributed by atoms with Crippen LogP contribution in [-0.2, 0) is 0 Å². The van der Waals surface area contributed by atoms with Crippen LogP contribution < -0.4 is 5.32 Å². The van der Waals surface area contributed by atoms with Gasteiger partial charge in [-0.1, -0.05) is 6.07 Å². The molecule has 114 valence electrons. The maximum Gasteiger partial charge on any atom is 0.401 e. The molecule has 1 aromatic carbocycles. The van der Waals surface area contributed by atoms with E-state index in [9.17, 15) is 13.2 Å².